The van der Waals surface area contributed by atoms with E-state index in [-0.39, 0.29) is 30.4 Å². The van der Waals surface area contributed by atoms with Crippen LogP contribution in [0.4, 0.5) is 13.2 Å². The predicted molar refractivity (Wildman–Crippen MR) is 102 cm³/mol. The standard InChI is InChI=1S/C19H18F3N3O3S/c20-19(21,22)13-28-17-15(4-1-7-23-17)18(27)25-10-8-24(9-11-25)16(26)6-5-14-3-2-12-29-14/h1-7,12H,8-11,13H2. The average molecular weight is 425 g/mol. The largest absolute Gasteiger partial charge is 0.467 e. The summed E-state index contributed by atoms with van der Waals surface area (Å²) in [5, 5.41) is 1.92. The summed E-state index contributed by atoms with van der Waals surface area (Å²) < 4.78 is 41.9. The summed E-state index contributed by atoms with van der Waals surface area (Å²) in [6, 6.07) is 6.63. The van der Waals surface area contributed by atoms with Crippen LogP contribution >= 0.6 is 11.3 Å². The predicted octanol–water partition coefficient (Wildman–Crippen LogP) is 3.08. The number of hydrogen-bond acceptors (Lipinski definition) is 5. The number of pyridine rings is 1. The van der Waals surface area contributed by atoms with Crippen LogP contribution in [-0.4, -0.2) is 65.6 Å². The zero-order chi connectivity index (χ0) is 20.9. The van der Waals surface area contributed by atoms with Gasteiger partial charge in [-0.2, -0.15) is 13.2 Å². The van der Waals surface area contributed by atoms with Crippen LogP contribution in [0.25, 0.3) is 6.08 Å². The van der Waals surface area contributed by atoms with Gasteiger partial charge >= 0.3 is 6.18 Å². The monoisotopic (exact) mass is 425 g/mol. The molecule has 0 bridgehead atoms. The van der Waals surface area contributed by atoms with E-state index in [9.17, 15) is 22.8 Å². The maximum atomic E-state index is 12.7. The second kappa shape index (κ2) is 9.08. The molecule has 0 unspecified atom stereocenters. The van der Waals surface area contributed by atoms with Crippen molar-refractivity contribution in [1.82, 2.24) is 14.8 Å². The highest BCUT2D eigenvalue weighted by atomic mass is 32.1. The molecule has 3 heterocycles. The molecule has 6 nitrogen and oxygen atoms in total. The first-order valence-electron chi connectivity index (χ1n) is 8.78. The maximum absolute atomic E-state index is 12.7. The summed E-state index contributed by atoms with van der Waals surface area (Å²) in [5.74, 6) is -0.982. The number of carbonyl (C=O) groups is 2. The number of carbonyl (C=O) groups excluding carboxylic acids is 2. The van der Waals surface area contributed by atoms with E-state index in [1.165, 1.54) is 40.6 Å². The Hall–Kier alpha value is -2.88. The molecular weight excluding hydrogens is 407 g/mol. The maximum Gasteiger partial charge on any atom is 0.422 e. The van der Waals surface area contributed by atoms with Gasteiger partial charge < -0.3 is 14.5 Å². The summed E-state index contributed by atoms with van der Waals surface area (Å²) in [6.07, 6.45) is -0.0303. The van der Waals surface area contributed by atoms with Crippen LogP contribution in [0.3, 0.4) is 0 Å². The van der Waals surface area contributed by atoms with Gasteiger partial charge in [0.25, 0.3) is 5.91 Å². The summed E-state index contributed by atoms with van der Waals surface area (Å²) in [7, 11) is 0. The van der Waals surface area contributed by atoms with Crippen molar-refractivity contribution in [3.05, 3.63) is 52.4 Å². The number of hydrogen-bond donors (Lipinski definition) is 0. The number of alkyl halides is 3. The SMILES string of the molecule is O=C(C=Cc1cccs1)N1CCN(C(=O)c2cccnc2OCC(F)(F)F)CC1. The van der Waals surface area contributed by atoms with E-state index in [2.05, 4.69) is 9.72 Å². The van der Waals surface area contributed by atoms with Gasteiger partial charge in [-0.15, -0.1) is 11.3 Å². The Bertz CT molecular complexity index is 876. The van der Waals surface area contributed by atoms with Crippen molar-refractivity contribution >= 4 is 29.2 Å². The number of thiophene rings is 1. The lowest BCUT2D eigenvalue weighted by molar-refractivity contribution is -0.154. The molecule has 0 spiro atoms. The molecule has 2 amide bonds. The molecule has 0 saturated carbocycles. The molecule has 1 saturated heterocycles. The second-order valence-corrected chi connectivity index (χ2v) is 7.21. The van der Waals surface area contributed by atoms with E-state index in [0.717, 1.165) is 4.88 Å². The van der Waals surface area contributed by atoms with Gasteiger partial charge in [0, 0.05) is 43.3 Å². The Labute approximate surface area is 169 Å². The highest BCUT2D eigenvalue weighted by Gasteiger charge is 2.31. The molecule has 10 heteroatoms. The van der Waals surface area contributed by atoms with Gasteiger partial charge in [-0.25, -0.2) is 4.98 Å². The van der Waals surface area contributed by atoms with Crippen molar-refractivity contribution < 1.29 is 27.5 Å². The molecule has 1 aliphatic heterocycles. The molecule has 0 radical (unpaired) electrons. The fourth-order valence-corrected chi connectivity index (χ4v) is 3.38. The molecule has 0 aliphatic carbocycles. The number of amides is 2. The van der Waals surface area contributed by atoms with Crippen molar-refractivity contribution in [2.24, 2.45) is 0 Å². The van der Waals surface area contributed by atoms with Crippen molar-refractivity contribution in [3.8, 4) is 5.88 Å². The van der Waals surface area contributed by atoms with Gasteiger partial charge in [0.2, 0.25) is 11.8 Å². The quantitative estimate of drug-likeness (QED) is 0.691. The Morgan fingerprint density at radius 1 is 1.14 bits per heavy atom. The third kappa shape index (κ3) is 5.80. The minimum Gasteiger partial charge on any atom is -0.467 e. The summed E-state index contributed by atoms with van der Waals surface area (Å²) in [5.41, 5.74) is -0.0332. The lowest BCUT2D eigenvalue weighted by Gasteiger charge is -2.34. The number of nitrogens with zero attached hydrogens (tertiary/aromatic N) is 3. The smallest absolute Gasteiger partial charge is 0.422 e. The summed E-state index contributed by atoms with van der Waals surface area (Å²) >= 11 is 1.52. The number of aromatic nitrogens is 1. The molecule has 1 aliphatic rings. The van der Waals surface area contributed by atoms with E-state index < -0.39 is 18.7 Å². The van der Waals surface area contributed by atoms with Crippen LogP contribution in [0, 0.1) is 0 Å². The van der Waals surface area contributed by atoms with Crippen LogP contribution in [0.2, 0.25) is 0 Å². The van der Waals surface area contributed by atoms with E-state index in [0.29, 0.717) is 13.1 Å². The zero-order valence-electron chi connectivity index (χ0n) is 15.3. The minimum atomic E-state index is -4.53. The van der Waals surface area contributed by atoms with Crippen LogP contribution in [0.1, 0.15) is 15.2 Å². The molecule has 3 rings (SSSR count). The fourth-order valence-electron chi connectivity index (χ4n) is 2.76. The van der Waals surface area contributed by atoms with E-state index >= 15 is 0 Å². The number of halogens is 3. The zero-order valence-corrected chi connectivity index (χ0v) is 16.1. The lowest BCUT2D eigenvalue weighted by atomic mass is 10.2. The Morgan fingerprint density at radius 2 is 1.86 bits per heavy atom. The fraction of sp³-hybridized carbons (Fsp3) is 0.316. The van der Waals surface area contributed by atoms with E-state index in [1.807, 2.05) is 17.5 Å². The van der Waals surface area contributed by atoms with Gasteiger partial charge in [0.1, 0.15) is 5.56 Å². The molecule has 154 valence electrons. The van der Waals surface area contributed by atoms with Crippen LogP contribution in [-0.2, 0) is 4.79 Å². The van der Waals surface area contributed by atoms with Crippen LogP contribution in [0.5, 0.6) is 5.88 Å². The summed E-state index contributed by atoms with van der Waals surface area (Å²) in [6.45, 7) is -0.324. The van der Waals surface area contributed by atoms with Crippen LogP contribution < -0.4 is 4.74 Å². The molecular formula is C19H18F3N3O3S. The van der Waals surface area contributed by atoms with E-state index in [1.54, 1.807) is 11.0 Å². The number of ether oxygens (including phenoxy) is 1. The molecule has 0 atom stereocenters. The van der Waals surface area contributed by atoms with E-state index in [4.69, 9.17) is 0 Å². The van der Waals surface area contributed by atoms with Crippen molar-refractivity contribution in [1.29, 1.82) is 0 Å². The van der Waals surface area contributed by atoms with Crippen molar-refractivity contribution in [3.63, 3.8) is 0 Å². The number of rotatable bonds is 5. The third-order valence-corrected chi connectivity index (χ3v) is 5.02. The average Bonchev–Trinajstić information content (AvgIpc) is 3.23. The van der Waals surface area contributed by atoms with Gasteiger partial charge in [0.05, 0.1) is 0 Å². The van der Waals surface area contributed by atoms with Gasteiger partial charge in [0.15, 0.2) is 6.61 Å². The van der Waals surface area contributed by atoms with Crippen molar-refractivity contribution in [2.45, 2.75) is 6.18 Å². The second-order valence-electron chi connectivity index (χ2n) is 6.23. The lowest BCUT2D eigenvalue weighted by Crippen LogP contribution is -2.50. The van der Waals surface area contributed by atoms with Gasteiger partial charge in [-0.1, -0.05) is 6.07 Å². The highest BCUT2D eigenvalue weighted by molar-refractivity contribution is 7.10. The molecule has 2 aromatic rings. The first-order chi connectivity index (χ1) is 13.8. The Kier molecular flexibility index (Phi) is 6.53. The van der Waals surface area contributed by atoms with Crippen molar-refractivity contribution in [2.75, 3.05) is 32.8 Å². The molecule has 0 aromatic carbocycles. The highest BCUT2D eigenvalue weighted by Crippen LogP contribution is 2.22. The van der Waals surface area contributed by atoms with Gasteiger partial charge in [-0.05, 0) is 29.7 Å². The molecule has 2 aromatic heterocycles. The first kappa shape index (κ1) is 20.8. The van der Waals surface area contributed by atoms with Gasteiger partial charge in [-0.3, -0.25) is 9.59 Å². The molecule has 1 fully saturated rings. The van der Waals surface area contributed by atoms with Crippen LogP contribution in [0.15, 0.2) is 41.9 Å². The minimum absolute atomic E-state index is 0.0332. The summed E-state index contributed by atoms with van der Waals surface area (Å²) in [4.78, 5) is 32.8. The molecule has 29 heavy (non-hydrogen) atoms. The Balaban J connectivity index is 1.58. The third-order valence-electron chi connectivity index (χ3n) is 4.19. The normalized spacial score (nSPS) is 15.0. The topological polar surface area (TPSA) is 62.7 Å². The Morgan fingerprint density at radius 3 is 2.52 bits per heavy atom. The number of piperazine rings is 1. The molecule has 0 N–H and O–H groups in total. The first-order valence-corrected chi connectivity index (χ1v) is 9.66.